The number of aromatic amines is 2. The Morgan fingerprint density at radius 2 is 1.88 bits per heavy atom. The molecular formula is C17H15N5OS. The van der Waals surface area contributed by atoms with Crippen molar-refractivity contribution < 1.29 is 0 Å². The summed E-state index contributed by atoms with van der Waals surface area (Å²) in [7, 11) is 0. The van der Waals surface area contributed by atoms with E-state index < -0.39 is 0 Å². The van der Waals surface area contributed by atoms with Crippen LogP contribution in [0.25, 0.3) is 11.0 Å². The number of amidine groups is 1. The van der Waals surface area contributed by atoms with Crippen LogP contribution in [0.5, 0.6) is 0 Å². The van der Waals surface area contributed by atoms with E-state index in [4.69, 9.17) is 0 Å². The first-order valence-corrected chi connectivity index (χ1v) is 8.54. The molecule has 6 nitrogen and oxygen atoms in total. The molecule has 0 aliphatic carbocycles. The second-order valence-electron chi connectivity index (χ2n) is 5.42. The normalized spacial score (nSPS) is 14.3. The number of rotatable bonds is 3. The average molecular weight is 337 g/mol. The van der Waals surface area contributed by atoms with Crippen LogP contribution in [0.3, 0.4) is 0 Å². The van der Waals surface area contributed by atoms with Gasteiger partial charge in [0, 0.05) is 17.9 Å². The Kier molecular flexibility index (Phi) is 3.92. The minimum absolute atomic E-state index is 0.201. The highest BCUT2D eigenvalue weighted by Gasteiger charge is 2.13. The maximum atomic E-state index is 11.3. The molecule has 3 aromatic rings. The van der Waals surface area contributed by atoms with Crippen LogP contribution in [-0.2, 0) is 6.54 Å². The Labute approximate surface area is 142 Å². The summed E-state index contributed by atoms with van der Waals surface area (Å²) in [6.07, 6.45) is 0. The summed E-state index contributed by atoms with van der Waals surface area (Å²) in [4.78, 5) is 16.8. The molecule has 3 N–H and O–H groups in total. The lowest BCUT2D eigenvalue weighted by molar-refractivity contribution is 0.919. The topological polar surface area (TPSA) is 85.4 Å². The van der Waals surface area contributed by atoms with Crippen molar-refractivity contribution in [2.45, 2.75) is 6.54 Å². The molecule has 1 aliphatic heterocycles. The molecule has 0 saturated carbocycles. The van der Waals surface area contributed by atoms with Crippen LogP contribution in [0.4, 0.5) is 0 Å². The van der Waals surface area contributed by atoms with Crippen LogP contribution in [0.15, 0.2) is 63.5 Å². The van der Waals surface area contributed by atoms with Gasteiger partial charge in [-0.1, -0.05) is 48.2 Å². The Morgan fingerprint density at radius 1 is 1.04 bits per heavy atom. The van der Waals surface area contributed by atoms with Gasteiger partial charge >= 0.3 is 5.69 Å². The SMILES string of the molecule is O=c1[nH]c2ccc(C3=NN=C(NCc4ccccc4)SC3)cc2[nH]1. The van der Waals surface area contributed by atoms with E-state index in [0.29, 0.717) is 0 Å². The van der Waals surface area contributed by atoms with E-state index in [1.165, 1.54) is 5.56 Å². The van der Waals surface area contributed by atoms with Crippen molar-refractivity contribution in [1.82, 2.24) is 15.3 Å². The van der Waals surface area contributed by atoms with Gasteiger partial charge in [-0.15, -0.1) is 5.10 Å². The third kappa shape index (κ3) is 3.11. The lowest BCUT2D eigenvalue weighted by Crippen LogP contribution is -2.23. The quantitative estimate of drug-likeness (QED) is 0.686. The number of nitrogens with one attached hydrogen (secondary N) is 3. The molecule has 1 aromatic heterocycles. The van der Waals surface area contributed by atoms with Gasteiger partial charge in [0.1, 0.15) is 0 Å². The van der Waals surface area contributed by atoms with Gasteiger partial charge in [-0.2, -0.15) is 5.10 Å². The van der Waals surface area contributed by atoms with Gasteiger partial charge in [0.2, 0.25) is 0 Å². The molecule has 2 heterocycles. The number of hydrogen-bond donors (Lipinski definition) is 3. The minimum Gasteiger partial charge on any atom is -0.359 e. The molecule has 4 rings (SSSR count). The molecule has 0 unspecified atom stereocenters. The maximum absolute atomic E-state index is 11.3. The standard InChI is InChI=1S/C17H15N5OS/c23-16-19-13-7-6-12(8-14(13)20-16)15-10-24-17(22-21-15)18-9-11-4-2-1-3-5-11/h1-8H,9-10H2,(H,18,22)(H2,19,20,23). The molecular weight excluding hydrogens is 322 g/mol. The zero-order chi connectivity index (χ0) is 16.4. The highest BCUT2D eigenvalue weighted by Crippen LogP contribution is 2.17. The lowest BCUT2D eigenvalue weighted by Gasteiger charge is -2.13. The minimum atomic E-state index is -0.201. The number of aromatic nitrogens is 2. The fourth-order valence-electron chi connectivity index (χ4n) is 2.51. The van der Waals surface area contributed by atoms with Gasteiger partial charge in [0.15, 0.2) is 5.17 Å². The largest absolute Gasteiger partial charge is 0.359 e. The van der Waals surface area contributed by atoms with E-state index in [9.17, 15) is 4.79 Å². The van der Waals surface area contributed by atoms with Gasteiger partial charge < -0.3 is 15.3 Å². The summed E-state index contributed by atoms with van der Waals surface area (Å²) in [6.45, 7) is 0.730. The van der Waals surface area contributed by atoms with Gasteiger partial charge in [-0.05, 0) is 17.7 Å². The van der Waals surface area contributed by atoms with Crippen LogP contribution in [0, 0.1) is 0 Å². The van der Waals surface area contributed by atoms with Crippen molar-refractivity contribution in [1.29, 1.82) is 0 Å². The molecule has 7 heteroatoms. The van der Waals surface area contributed by atoms with Gasteiger partial charge in [0.25, 0.3) is 0 Å². The Hall–Kier alpha value is -2.80. The Balaban J connectivity index is 1.49. The highest BCUT2D eigenvalue weighted by atomic mass is 32.2. The van der Waals surface area contributed by atoms with Gasteiger partial charge in [0.05, 0.1) is 16.7 Å². The van der Waals surface area contributed by atoms with Crippen LogP contribution < -0.4 is 11.0 Å². The molecule has 0 bridgehead atoms. The lowest BCUT2D eigenvalue weighted by atomic mass is 10.1. The maximum Gasteiger partial charge on any atom is 0.323 e. The van der Waals surface area contributed by atoms with Crippen molar-refractivity contribution >= 4 is 33.7 Å². The predicted molar refractivity (Wildman–Crippen MR) is 98.6 cm³/mol. The van der Waals surface area contributed by atoms with Crippen LogP contribution in [0.1, 0.15) is 11.1 Å². The average Bonchev–Trinajstić information content (AvgIpc) is 3.00. The first kappa shape index (κ1) is 14.8. The molecule has 1 aliphatic rings. The second-order valence-corrected chi connectivity index (χ2v) is 6.38. The molecule has 2 aromatic carbocycles. The van der Waals surface area contributed by atoms with Crippen LogP contribution >= 0.6 is 11.8 Å². The third-order valence-electron chi connectivity index (χ3n) is 3.74. The number of H-pyrrole nitrogens is 2. The summed E-state index contributed by atoms with van der Waals surface area (Å²) in [6, 6.07) is 15.9. The Morgan fingerprint density at radius 3 is 2.67 bits per heavy atom. The number of thioether (sulfide) groups is 1. The van der Waals surface area contributed by atoms with Gasteiger partial charge in [-0.25, -0.2) is 4.79 Å². The molecule has 24 heavy (non-hydrogen) atoms. The smallest absolute Gasteiger partial charge is 0.323 e. The second kappa shape index (κ2) is 6.37. The molecule has 0 radical (unpaired) electrons. The van der Waals surface area contributed by atoms with Gasteiger partial charge in [-0.3, -0.25) is 0 Å². The third-order valence-corrected chi connectivity index (χ3v) is 4.66. The fraction of sp³-hybridized carbons (Fsp3) is 0.118. The number of imidazole rings is 1. The number of hydrogen-bond acceptors (Lipinski definition) is 5. The summed E-state index contributed by atoms with van der Waals surface area (Å²) in [5.41, 5.74) is 4.44. The first-order chi connectivity index (χ1) is 11.8. The van der Waals surface area contributed by atoms with E-state index in [0.717, 1.165) is 39.8 Å². The molecule has 0 atom stereocenters. The van der Waals surface area contributed by atoms with Crippen molar-refractivity contribution in [3.8, 4) is 0 Å². The van der Waals surface area contributed by atoms with E-state index in [1.54, 1.807) is 11.8 Å². The molecule has 120 valence electrons. The predicted octanol–water partition coefficient (Wildman–Crippen LogP) is 2.45. The summed E-state index contributed by atoms with van der Waals surface area (Å²) in [5.74, 6) is 0.737. The highest BCUT2D eigenvalue weighted by molar-refractivity contribution is 8.14. The number of nitrogens with zero attached hydrogens (tertiary/aromatic N) is 2. The monoisotopic (exact) mass is 337 g/mol. The van der Waals surface area contributed by atoms with Crippen molar-refractivity contribution in [3.63, 3.8) is 0 Å². The molecule has 0 spiro atoms. The summed E-state index contributed by atoms with van der Waals surface area (Å²) in [5, 5.41) is 12.7. The zero-order valence-electron chi connectivity index (χ0n) is 12.7. The zero-order valence-corrected chi connectivity index (χ0v) is 13.6. The molecule has 0 amide bonds. The summed E-state index contributed by atoms with van der Waals surface area (Å²) < 4.78 is 0. The van der Waals surface area contributed by atoms with E-state index >= 15 is 0 Å². The van der Waals surface area contributed by atoms with Crippen LogP contribution in [-0.4, -0.2) is 26.6 Å². The Bertz CT molecular complexity index is 987. The summed E-state index contributed by atoms with van der Waals surface area (Å²) >= 11 is 1.62. The molecule has 0 saturated heterocycles. The first-order valence-electron chi connectivity index (χ1n) is 7.55. The van der Waals surface area contributed by atoms with E-state index in [-0.39, 0.29) is 5.69 Å². The van der Waals surface area contributed by atoms with E-state index in [2.05, 4.69) is 37.6 Å². The van der Waals surface area contributed by atoms with Crippen LogP contribution in [0.2, 0.25) is 0 Å². The van der Waals surface area contributed by atoms with Crippen molar-refractivity contribution in [2.75, 3.05) is 5.75 Å². The number of benzene rings is 2. The van der Waals surface area contributed by atoms with Crippen molar-refractivity contribution in [3.05, 3.63) is 70.1 Å². The fourth-order valence-corrected chi connectivity index (χ4v) is 3.28. The van der Waals surface area contributed by atoms with E-state index in [1.807, 2.05) is 36.4 Å². The number of fused-ring (bicyclic) bond motifs is 1. The molecule has 0 fully saturated rings. The van der Waals surface area contributed by atoms with Crippen molar-refractivity contribution in [2.24, 2.45) is 10.2 Å².